The van der Waals surface area contributed by atoms with Crippen molar-refractivity contribution < 1.29 is 14.7 Å². The number of carboxylic acids is 1. The predicted octanol–water partition coefficient (Wildman–Crippen LogP) is 2.03. The van der Waals surface area contributed by atoms with E-state index in [0.717, 1.165) is 51.5 Å². The van der Waals surface area contributed by atoms with E-state index in [1.54, 1.807) is 4.90 Å². The molecule has 0 aromatic rings. The SMILES string of the molecule is O=C1CCCCN1CC1(C(=O)O)CCCCC1. The van der Waals surface area contributed by atoms with Gasteiger partial charge in [-0.25, -0.2) is 0 Å². The second-order valence-corrected chi connectivity index (χ2v) is 5.42. The van der Waals surface area contributed by atoms with Gasteiger partial charge in [0.2, 0.25) is 5.91 Å². The summed E-state index contributed by atoms with van der Waals surface area (Å²) in [6.45, 7) is 1.18. The summed E-state index contributed by atoms with van der Waals surface area (Å²) in [7, 11) is 0. The van der Waals surface area contributed by atoms with Crippen LogP contribution in [0, 0.1) is 5.41 Å². The third kappa shape index (κ3) is 2.61. The number of carbonyl (C=O) groups excluding carboxylic acids is 1. The summed E-state index contributed by atoms with van der Waals surface area (Å²) >= 11 is 0. The number of likely N-dealkylation sites (tertiary alicyclic amines) is 1. The fraction of sp³-hybridized carbons (Fsp3) is 0.846. The Morgan fingerprint density at radius 2 is 1.88 bits per heavy atom. The van der Waals surface area contributed by atoms with Crippen LogP contribution in [-0.4, -0.2) is 35.0 Å². The number of aliphatic carboxylic acids is 1. The molecule has 1 saturated heterocycles. The topological polar surface area (TPSA) is 57.6 Å². The summed E-state index contributed by atoms with van der Waals surface area (Å²) in [6, 6.07) is 0. The van der Waals surface area contributed by atoms with E-state index in [4.69, 9.17) is 0 Å². The average molecular weight is 239 g/mol. The largest absolute Gasteiger partial charge is 0.481 e. The van der Waals surface area contributed by atoms with Gasteiger partial charge in [-0.1, -0.05) is 19.3 Å². The number of hydrogen-bond acceptors (Lipinski definition) is 2. The standard InChI is InChI=1S/C13H21NO3/c15-11-6-2-5-9-14(11)10-13(12(16)17)7-3-1-4-8-13/h1-10H2,(H,16,17). The van der Waals surface area contributed by atoms with Gasteiger partial charge in [0.05, 0.1) is 5.41 Å². The predicted molar refractivity (Wildman–Crippen MR) is 63.6 cm³/mol. The van der Waals surface area contributed by atoms with Crippen LogP contribution in [0.5, 0.6) is 0 Å². The Balaban J connectivity index is 2.06. The van der Waals surface area contributed by atoms with Crippen molar-refractivity contribution in [1.82, 2.24) is 4.90 Å². The molecule has 0 unspecified atom stereocenters. The fourth-order valence-corrected chi connectivity index (χ4v) is 3.06. The molecule has 1 heterocycles. The number of carbonyl (C=O) groups is 2. The highest BCUT2D eigenvalue weighted by molar-refractivity contribution is 5.79. The molecule has 4 heteroatoms. The lowest BCUT2D eigenvalue weighted by molar-refractivity contribution is -0.154. The highest BCUT2D eigenvalue weighted by Gasteiger charge is 2.42. The van der Waals surface area contributed by atoms with Gasteiger partial charge in [-0.2, -0.15) is 0 Å². The average Bonchev–Trinajstić information content (AvgIpc) is 2.33. The Morgan fingerprint density at radius 1 is 1.18 bits per heavy atom. The van der Waals surface area contributed by atoms with Gasteiger partial charge in [0.1, 0.15) is 0 Å². The summed E-state index contributed by atoms with van der Waals surface area (Å²) in [5.74, 6) is -0.571. The Morgan fingerprint density at radius 3 is 2.47 bits per heavy atom. The molecule has 4 nitrogen and oxygen atoms in total. The molecule has 1 aliphatic heterocycles. The maximum absolute atomic E-state index is 11.8. The number of amides is 1. The molecular formula is C13H21NO3. The maximum atomic E-state index is 11.8. The van der Waals surface area contributed by atoms with E-state index >= 15 is 0 Å². The van der Waals surface area contributed by atoms with Gasteiger partial charge in [-0.3, -0.25) is 9.59 Å². The van der Waals surface area contributed by atoms with Crippen molar-refractivity contribution in [3.63, 3.8) is 0 Å². The number of rotatable bonds is 3. The van der Waals surface area contributed by atoms with Crippen LogP contribution in [0.15, 0.2) is 0 Å². The smallest absolute Gasteiger partial charge is 0.311 e. The van der Waals surface area contributed by atoms with Gasteiger partial charge in [-0.05, 0) is 25.7 Å². The quantitative estimate of drug-likeness (QED) is 0.819. The minimum atomic E-state index is -0.712. The molecule has 0 bridgehead atoms. The highest BCUT2D eigenvalue weighted by atomic mass is 16.4. The zero-order valence-electron chi connectivity index (χ0n) is 10.3. The van der Waals surface area contributed by atoms with Crippen LogP contribution in [0.1, 0.15) is 51.4 Å². The fourth-order valence-electron chi connectivity index (χ4n) is 3.06. The van der Waals surface area contributed by atoms with Crippen molar-refractivity contribution in [3.05, 3.63) is 0 Å². The van der Waals surface area contributed by atoms with E-state index in [0.29, 0.717) is 13.0 Å². The Kier molecular flexibility index (Phi) is 3.69. The Labute approximate surface area is 102 Å². The van der Waals surface area contributed by atoms with Gasteiger partial charge in [0.15, 0.2) is 0 Å². The molecule has 1 amide bonds. The number of nitrogens with zero attached hydrogens (tertiary/aromatic N) is 1. The van der Waals surface area contributed by atoms with Gasteiger partial charge < -0.3 is 10.0 Å². The van der Waals surface area contributed by atoms with Crippen LogP contribution in [0.2, 0.25) is 0 Å². The summed E-state index contributed by atoms with van der Waals surface area (Å²) in [4.78, 5) is 25.1. The zero-order valence-corrected chi connectivity index (χ0v) is 10.3. The monoisotopic (exact) mass is 239 g/mol. The highest BCUT2D eigenvalue weighted by Crippen LogP contribution is 2.38. The first-order valence-corrected chi connectivity index (χ1v) is 6.65. The third-order valence-electron chi connectivity index (χ3n) is 4.18. The van der Waals surface area contributed by atoms with E-state index < -0.39 is 11.4 Å². The van der Waals surface area contributed by atoms with Crippen molar-refractivity contribution in [2.45, 2.75) is 51.4 Å². The molecule has 0 atom stereocenters. The minimum Gasteiger partial charge on any atom is -0.481 e. The molecule has 0 aromatic heterocycles. The third-order valence-corrected chi connectivity index (χ3v) is 4.18. The van der Waals surface area contributed by atoms with Crippen molar-refractivity contribution in [3.8, 4) is 0 Å². The number of hydrogen-bond donors (Lipinski definition) is 1. The van der Waals surface area contributed by atoms with E-state index in [-0.39, 0.29) is 5.91 Å². The number of piperidine rings is 1. The lowest BCUT2D eigenvalue weighted by Crippen LogP contribution is -2.48. The van der Waals surface area contributed by atoms with E-state index in [1.165, 1.54) is 0 Å². The lowest BCUT2D eigenvalue weighted by atomic mass is 9.73. The number of carboxylic acid groups (broad SMARTS) is 1. The molecular weight excluding hydrogens is 218 g/mol. The van der Waals surface area contributed by atoms with Crippen LogP contribution in [0.4, 0.5) is 0 Å². The molecule has 0 spiro atoms. The van der Waals surface area contributed by atoms with Gasteiger partial charge in [-0.15, -0.1) is 0 Å². The van der Waals surface area contributed by atoms with Crippen LogP contribution in [-0.2, 0) is 9.59 Å². The van der Waals surface area contributed by atoms with Crippen molar-refractivity contribution in [2.24, 2.45) is 5.41 Å². The first-order valence-electron chi connectivity index (χ1n) is 6.65. The molecule has 0 radical (unpaired) electrons. The molecule has 2 rings (SSSR count). The van der Waals surface area contributed by atoms with Crippen molar-refractivity contribution in [1.29, 1.82) is 0 Å². The van der Waals surface area contributed by atoms with Crippen LogP contribution in [0.3, 0.4) is 0 Å². The molecule has 1 saturated carbocycles. The first-order chi connectivity index (χ1) is 8.14. The minimum absolute atomic E-state index is 0.141. The second-order valence-electron chi connectivity index (χ2n) is 5.42. The summed E-state index contributed by atoms with van der Waals surface area (Å²) < 4.78 is 0. The normalized spacial score (nSPS) is 24.7. The van der Waals surface area contributed by atoms with E-state index in [9.17, 15) is 14.7 Å². The molecule has 0 aromatic carbocycles. The molecule has 1 N–H and O–H groups in total. The first kappa shape index (κ1) is 12.4. The Bertz CT molecular complexity index is 308. The van der Waals surface area contributed by atoms with Crippen molar-refractivity contribution in [2.75, 3.05) is 13.1 Å². The molecule has 2 aliphatic rings. The van der Waals surface area contributed by atoms with Crippen molar-refractivity contribution >= 4 is 11.9 Å². The molecule has 2 fully saturated rings. The zero-order chi connectivity index (χ0) is 12.3. The van der Waals surface area contributed by atoms with Gasteiger partial charge in [0, 0.05) is 19.5 Å². The molecule has 1 aliphatic carbocycles. The summed E-state index contributed by atoms with van der Waals surface area (Å²) in [5.41, 5.74) is -0.661. The summed E-state index contributed by atoms with van der Waals surface area (Å²) in [5, 5.41) is 9.47. The van der Waals surface area contributed by atoms with Crippen LogP contribution >= 0.6 is 0 Å². The van der Waals surface area contributed by atoms with E-state index in [2.05, 4.69) is 0 Å². The lowest BCUT2D eigenvalue weighted by Gasteiger charge is -2.39. The van der Waals surface area contributed by atoms with Gasteiger partial charge in [0.25, 0.3) is 0 Å². The summed E-state index contributed by atoms with van der Waals surface area (Å²) in [6.07, 6.45) is 7.11. The van der Waals surface area contributed by atoms with Gasteiger partial charge >= 0.3 is 5.97 Å². The molecule has 17 heavy (non-hydrogen) atoms. The second kappa shape index (κ2) is 5.07. The van der Waals surface area contributed by atoms with Crippen LogP contribution in [0.25, 0.3) is 0 Å². The van der Waals surface area contributed by atoms with Crippen LogP contribution < -0.4 is 0 Å². The molecule has 96 valence electrons. The Hall–Kier alpha value is -1.06. The van der Waals surface area contributed by atoms with E-state index in [1.807, 2.05) is 0 Å². The maximum Gasteiger partial charge on any atom is 0.311 e.